The van der Waals surface area contributed by atoms with Crippen LogP contribution < -0.4 is 14.2 Å². The second-order valence-corrected chi connectivity index (χ2v) is 21.6. The fourth-order valence-electron chi connectivity index (χ4n) is 8.80. The van der Waals surface area contributed by atoms with E-state index in [-0.39, 0.29) is 0 Å². The summed E-state index contributed by atoms with van der Waals surface area (Å²) in [5, 5.41) is 34.7. The van der Waals surface area contributed by atoms with Crippen LogP contribution in [0, 0.1) is 0 Å². The van der Waals surface area contributed by atoms with E-state index in [1.165, 1.54) is 96.3 Å². The van der Waals surface area contributed by atoms with Crippen LogP contribution in [0.5, 0.6) is 17.2 Å². The second kappa shape index (κ2) is 34.3. The summed E-state index contributed by atoms with van der Waals surface area (Å²) in [6, 6.07) is 16.3. The minimum absolute atomic E-state index is 0.389. The van der Waals surface area contributed by atoms with Gasteiger partial charge in [-0.05, 0) is 94.6 Å². The molecule has 0 amide bonds. The summed E-state index contributed by atoms with van der Waals surface area (Å²) in [4.78, 5) is 12.1. The molecule has 3 N–H and O–H groups in total. The maximum atomic E-state index is 11.0. The number of aromatic nitrogens is 6. The van der Waals surface area contributed by atoms with Gasteiger partial charge in [-0.2, -0.15) is 0 Å². The standard InChI is InChI=1S/C21H31ClN2O2.C20H29ClN2O2.C19H27ClN2O2/c1-3-4-5-6-7-8-9-14-26-20-11-10-18(22)15-19(20)21(2,25)16-24-13-12-23-17-24;1-3-4-5-6-7-8-13-25-19-10-9-17(21)14-18(19)20(2,24)15-23-12-11-22-16-23;1-3-4-5-6-7-12-24-18-9-8-16(20)13-17(18)19(2,23)14-22-11-10-21-15-22/h10-13,15,17,25H,3-9,14,16H2,1-2H3;9-12,14,16,24H,3-8,13,15H2,1-2H3;8-11,13,15,23H,3-7,12,14H2,1-2H3. The summed E-state index contributed by atoms with van der Waals surface area (Å²) in [5.74, 6) is 2.09. The number of benzene rings is 3. The second-order valence-electron chi connectivity index (χ2n) is 20.3. The Bertz CT molecular complexity index is 2410. The smallest absolute Gasteiger partial charge is 0.125 e. The van der Waals surface area contributed by atoms with E-state index in [4.69, 9.17) is 49.0 Å². The summed E-state index contributed by atoms with van der Waals surface area (Å²) in [7, 11) is 0. The number of aliphatic hydroxyl groups is 3. The summed E-state index contributed by atoms with van der Waals surface area (Å²) < 4.78 is 23.4. The Balaban J connectivity index is 0.000000244. The van der Waals surface area contributed by atoms with E-state index in [1.807, 2.05) is 50.5 Å². The van der Waals surface area contributed by atoms with Gasteiger partial charge in [0.2, 0.25) is 0 Å². The van der Waals surface area contributed by atoms with E-state index < -0.39 is 16.8 Å². The molecule has 414 valence electrons. The van der Waals surface area contributed by atoms with Gasteiger partial charge in [-0.25, -0.2) is 15.0 Å². The number of halogens is 3. The minimum Gasteiger partial charge on any atom is -0.493 e. The lowest BCUT2D eigenvalue weighted by Gasteiger charge is -2.27. The monoisotopic (exact) mass is 1090 g/mol. The van der Waals surface area contributed by atoms with Crippen molar-refractivity contribution in [1.29, 1.82) is 0 Å². The molecule has 15 heteroatoms. The molecular formula is C60H87Cl3N6O6. The largest absolute Gasteiger partial charge is 0.493 e. The van der Waals surface area contributed by atoms with Crippen molar-refractivity contribution in [2.45, 2.75) is 194 Å². The molecule has 0 radical (unpaired) electrons. The number of hydrogen-bond donors (Lipinski definition) is 3. The number of ether oxygens (including phenoxy) is 3. The SMILES string of the molecule is CCCCCCCCCOc1ccc(Cl)cc1C(C)(O)Cn1ccnc1.CCCCCCCCOc1ccc(Cl)cc1C(C)(O)Cn1ccnc1.CCCCCCCOc1ccc(Cl)cc1C(C)(O)Cn1ccnc1. The molecule has 3 unspecified atom stereocenters. The fraction of sp³-hybridized carbons (Fsp3) is 0.550. The summed E-state index contributed by atoms with van der Waals surface area (Å²) in [6.45, 7) is 15.1. The van der Waals surface area contributed by atoms with Gasteiger partial charge in [-0.3, -0.25) is 0 Å². The lowest BCUT2D eigenvalue weighted by molar-refractivity contribution is 0.0346. The van der Waals surface area contributed by atoms with Crippen LogP contribution in [-0.2, 0) is 36.4 Å². The van der Waals surface area contributed by atoms with Crippen LogP contribution >= 0.6 is 34.8 Å². The first-order chi connectivity index (χ1) is 36.1. The van der Waals surface area contributed by atoms with Crippen LogP contribution in [0.4, 0.5) is 0 Å². The number of unbranched alkanes of at least 4 members (excludes halogenated alkanes) is 15. The molecule has 3 aromatic heterocycles. The molecular weight excluding hydrogens is 1010 g/mol. The van der Waals surface area contributed by atoms with Crippen molar-refractivity contribution in [3.63, 3.8) is 0 Å². The lowest BCUT2D eigenvalue weighted by Crippen LogP contribution is -2.28. The van der Waals surface area contributed by atoms with Crippen LogP contribution in [0.1, 0.15) is 174 Å². The predicted octanol–water partition coefficient (Wildman–Crippen LogP) is 15.6. The quantitative estimate of drug-likeness (QED) is 0.0343. The van der Waals surface area contributed by atoms with Crippen LogP contribution in [0.15, 0.2) is 111 Å². The third kappa shape index (κ3) is 23.7. The third-order valence-electron chi connectivity index (χ3n) is 13.0. The van der Waals surface area contributed by atoms with E-state index in [0.29, 0.717) is 88.5 Å². The van der Waals surface area contributed by atoms with Gasteiger partial charge < -0.3 is 43.2 Å². The van der Waals surface area contributed by atoms with E-state index in [9.17, 15) is 15.3 Å². The summed E-state index contributed by atoms with van der Waals surface area (Å²) in [6.07, 6.45) is 37.6. The molecule has 0 spiro atoms. The van der Waals surface area contributed by atoms with Crippen molar-refractivity contribution in [3.05, 3.63) is 143 Å². The van der Waals surface area contributed by atoms with Gasteiger partial charge in [0.15, 0.2) is 0 Å². The molecule has 12 nitrogen and oxygen atoms in total. The van der Waals surface area contributed by atoms with Crippen LogP contribution in [-0.4, -0.2) is 63.8 Å². The first-order valence-corrected chi connectivity index (χ1v) is 28.5. The number of rotatable bonds is 33. The van der Waals surface area contributed by atoms with Crippen molar-refractivity contribution in [2.75, 3.05) is 19.8 Å². The molecule has 0 bridgehead atoms. The molecule has 0 saturated carbocycles. The summed E-state index contributed by atoms with van der Waals surface area (Å²) in [5.41, 5.74) is -1.16. The molecule has 6 aromatic rings. The zero-order chi connectivity index (χ0) is 54.4. The first kappa shape index (κ1) is 63.0. The van der Waals surface area contributed by atoms with Gasteiger partial charge in [-0.1, -0.05) is 152 Å². The zero-order valence-corrected chi connectivity index (χ0v) is 48.0. The highest BCUT2D eigenvalue weighted by Gasteiger charge is 2.30. The number of imidazole rings is 3. The first-order valence-electron chi connectivity index (χ1n) is 27.4. The Kier molecular flexibility index (Phi) is 28.8. The topological polar surface area (TPSA) is 142 Å². The Hall–Kier alpha value is -4.56. The molecule has 0 fully saturated rings. The Labute approximate surface area is 463 Å². The van der Waals surface area contributed by atoms with Crippen molar-refractivity contribution >= 4 is 34.8 Å². The average molecular weight is 1090 g/mol. The van der Waals surface area contributed by atoms with Crippen molar-refractivity contribution < 1.29 is 29.5 Å². The normalized spacial score (nSPS) is 13.6. The van der Waals surface area contributed by atoms with Gasteiger partial charge in [-0.15, -0.1) is 0 Å². The van der Waals surface area contributed by atoms with Crippen LogP contribution in [0.3, 0.4) is 0 Å². The van der Waals surface area contributed by atoms with E-state index >= 15 is 0 Å². The third-order valence-corrected chi connectivity index (χ3v) is 13.7. The molecule has 3 aromatic carbocycles. The number of hydrogen-bond acceptors (Lipinski definition) is 9. The molecule has 6 rings (SSSR count). The van der Waals surface area contributed by atoms with Gasteiger partial charge in [0.25, 0.3) is 0 Å². The Morgan fingerprint density at radius 1 is 0.400 bits per heavy atom. The van der Waals surface area contributed by atoms with Crippen LogP contribution in [0.25, 0.3) is 0 Å². The highest BCUT2D eigenvalue weighted by atomic mass is 35.5. The molecule has 0 aliphatic carbocycles. The molecule has 0 aliphatic heterocycles. The Morgan fingerprint density at radius 2 is 0.653 bits per heavy atom. The maximum absolute atomic E-state index is 11.0. The molecule has 3 atom stereocenters. The van der Waals surface area contributed by atoms with Gasteiger partial charge in [0.05, 0.1) is 58.4 Å². The van der Waals surface area contributed by atoms with Gasteiger partial charge in [0, 0.05) is 68.9 Å². The molecule has 0 aliphatic rings. The zero-order valence-electron chi connectivity index (χ0n) is 45.7. The van der Waals surface area contributed by atoms with Crippen molar-refractivity contribution in [2.24, 2.45) is 0 Å². The molecule has 0 saturated heterocycles. The summed E-state index contributed by atoms with van der Waals surface area (Å²) >= 11 is 18.5. The van der Waals surface area contributed by atoms with Crippen molar-refractivity contribution in [3.8, 4) is 17.2 Å². The Morgan fingerprint density at radius 3 is 0.893 bits per heavy atom. The maximum Gasteiger partial charge on any atom is 0.125 e. The fourth-order valence-corrected chi connectivity index (χ4v) is 9.32. The molecule has 3 heterocycles. The lowest BCUT2D eigenvalue weighted by atomic mass is 9.95. The van der Waals surface area contributed by atoms with Gasteiger partial charge in [0.1, 0.15) is 34.1 Å². The number of nitrogens with zero attached hydrogens (tertiary/aromatic N) is 6. The molecule has 75 heavy (non-hydrogen) atoms. The minimum atomic E-state index is -1.10. The van der Waals surface area contributed by atoms with E-state index in [1.54, 1.807) is 94.7 Å². The highest BCUT2D eigenvalue weighted by Crippen LogP contribution is 2.37. The highest BCUT2D eigenvalue weighted by molar-refractivity contribution is 6.31. The predicted molar refractivity (Wildman–Crippen MR) is 306 cm³/mol. The van der Waals surface area contributed by atoms with E-state index in [0.717, 1.165) is 19.3 Å². The van der Waals surface area contributed by atoms with E-state index in [2.05, 4.69) is 35.7 Å². The van der Waals surface area contributed by atoms with Crippen molar-refractivity contribution in [1.82, 2.24) is 28.7 Å². The van der Waals surface area contributed by atoms with Crippen LogP contribution in [0.2, 0.25) is 15.1 Å². The average Bonchev–Trinajstić information content (AvgIpc) is 4.21. The van der Waals surface area contributed by atoms with Gasteiger partial charge >= 0.3 is 0 Å².